The Morgan fingerprint density at radius 3 is 2.30 bits per heavy atom. The molecule has 2 aliphatic rings. The van der Waals surface area contributed by atoms with E-state index in [9.17, 15) is 0 Å². The Labute approximate surface area is 195 Å². The van der Waals surface area contributed by atoms with Crippen LogP contribution in [0.3, 0.4) is 0 Å². The Bertz CT molecular complexity index is 1100. The molecule has 0 saturated carbocycles. The van der Waals surface area contributed by atoms with E-state index in [1.165, 1.54) is 29.9 Å². The minimum absolute atomic E-state index is 0.751. The Morgan fingerprint density at radius 1 is 0.879 bits per heavy atom. The number of aromatic nitrogens is 3. The fourth-order valence-electron chi connectivity index (χ4n) is 4.95. The number of fused-ring (bicyclic) bond motifs is 2. The van der Waals surface area contributed by atoms with E-state index in [2.05, 4.69) is 20.4 Å². The van der Waals surface area contributed by atoms with Crippen molar-refractivity contribution in [2.75, 3.05) is 65.6 Å². The summed E-state index contributed by atoms with van der Waals surface area (Å²) in [6.07, 6.45) is 4.52. The molecule has 1 aliphatic heterocycles. The van der Waals surface area contributed by atoms with Gasteiger partial charge in [-0.05, 0) is 37.8 Å². The van der Waals surface area contributed by atoms with Gasteiger partial charge >= 0.3 is 0 Å². The molecule has 8 heteroatoms. The summed E-state index contributed by atoms with van der Waals surface area (Å²) in [7, 11) is 5.11. The van der Waals surface area contributed by atoms with Crippen LogP contribution in [0.1, 0.15) is 24.1 Å². The lowest BCUT2D eigenvalue weighted by molar-refractivity contribution is 0.144. The van der Waals surface area contributed by atoms with Crippen molar-refractivity contribution in [2.45, 2.75) is 25.7 Å². The molecule has 5 rings (SSSR count). The van der Waals surface area contributed by atoms with Gasteiger partial charge in [-0.25, -0.2) is 4.98 Å². The molecule has 0 spiro atoms. The highest BCUT2D eigenvalue weighted by molar-refractivity contribution is 5.70. The van der Waals surface area contributed by atoms with Crippen molar-refractivity contribution in [3.8, 4) is 22.8 Å². The van der Waals surface area contributed by atoms with Gasteiger partial charge in [0.05, 0.1) is 26.5 Å². The zero-order chi connectivity index (χ0) is 22.8. The number of benzene rings is 1. The third-order valence-electron chi connectivity index (χ3n) is 6.78. The van der Waals surface area contributed by atoms with Crippen molar-refractivity contribution >= 4 is 11.5 Å². The van der Waals surface area contributed by atoms with E-state index in [-0.39, 0.29) is 0 Å². The SMILES string of the molecule is COCCN1CCN(c2c3c(nc4cc(-c5cc(OC)cc(OC)c5)nn24)CCCC3)CC1. The Kier molecular flexibility index (Phi) is 6.37. The number of methoxy groups -OCH3 is 3. The molecule has 3 aromatic rings. The molecule has 0 amide bonds. The quantitative estimate of drug-likeness (QED) is 0.547. The monoisotopic (exact) mass is 451 g/mol. The van der Waals surface area contributed by atoms with Crippen LogP contribution in [0.15, 0.2) is 24.3 Å². The summed E-state index contributed by atoms with van der Waals surface area (Å²) >= 11 is 0. The number of aryl methyl sites for hydroxylation is 1. The van der Waals surface area contributed by atoms with Crippen molar-refractivity contribution in [3.63, 3.8) is 0 Å². The van der Waals surface area contributed by atoms with Crippen LogP contribution in [0.5, 0.6) is 11.5 Å². The van der Waals surface area contributed by atoms with Gasteiger partial charge in [-0.15, -0.1) is 0 Å². The standard InChI is InChI=1S/C25H33N5O3/c1-31-13-12-28-8-10-29(11-9-28)25-21-6-4-5-7-22(21)26-24-17-23(27-30(24)25)18-14-19(32-2)16-20(15-18)33-3/h14-17H,4-13H2,1-3H3. The second-order valence-electron chi connectivity index (χ2n) is 8.79. The predicted molar refractivity (Wildman–Crippen MR) is 129 cm³/mol. The summed E-state index contributed by atoms with van der Waals surface area (Å²) < 4.78 is 18.3. The molecule has 1 saturated heterocycles. The topological polar surface area (TPSA) is 64.4 Å². The highest BCUT2D eigenvalue weighted by Crippen LogP contribution is 2.34. The van der Waals surface area contributed by atoms with Gasteiger partial charge in [0.15, 0.2) is 5.65 Å². The van der Waals surface area contributed by atoms with Crippen LogP contribution in [0.25, 0.3) is 16.9 Å². The predicted octanol–water partition coefficient (Wildman–Crippen LogP) is 3.06. The van der Waals surface area contributed by atoms with Crippen molar-refractivity contribution in [3.05, 3.63) is 35.5 Å². The molecule has 1 fully saturated rings. The van der Waals surface area contributed by atoms with E-state index in [4.69, 9.17) is 24.3 Å². The van der Waals surface area contributed by atoms with Gasteiger partial charge < -0.3 is 19.1 Å². The van der Waals surface area contributed by atoms with Gasteiger partial charge in [0.25, 0.3) is 0 Å². The molecule has 1 aromatic carbocycles. The molecular formula is C25H33N5O3. The maximum atomic E-state index is 5.48. The zero-order valence-corrected chi connectivity index (χ0v) is 19.8. The average Bonchev–Trinajstić information content (AvgIpc) is 3.29. The fraction of sp³-hybridized carbons (Fsp3) is 0.520. The first kappa shape index (κ1) is 22.0. The smallest absolute Gasteiger partial charge is 0.158 e. The van der Waals surface area contributed by atoms with Crippen molar-refractivity contribution in [2.24, 2.45) is 0 Å². The van der Waals surface area contributed by atoms with E-state index in [1.54, 1.807) is 21.3 Å². The normalized spacial score (nSPS) is 16.8. The molecular weight excluding hydrogens is 418 g/mol. The van der Waals surface area contributed by atoms with Crippen LogP contribution in [0.4, 0.5) is 5.82 Å². The number of anilines is 1. The molecule has 1 aliphatic carbocycles. The molecule has 0 radical (unpaired) electrons. The van der Waals surface area contributed by atoms with E-state index in [0.29, 0.717) is 0 Å². The van der Waals surface area contributed by atoms with E-state index < -0.39 is 0 Å². The lowest BCUT2D eigenvalue weighted by atomic mass is 9.96. The Morgan fingerprint density at radius 2 is 1.61 bits per heavy atom. The molecule has 3 heterocycles. The highest BCUT2D eigenvalue weighted by Gasteiger charge is 2.26. The van der Waals surface area contributed by atoms with Crippen LogP contribution >= 0.6 is 0 Å². The van der Waals surface area contributed by atoms with E-state index in [0.717, 1.165) is 80.6 Å². The number of piperazine rings is 1. The summed E-state index contributed by atoms with van der Waals surface area (Å²) in [6, 6.07) is 7.96. The van der Waals surface area contributed by atoms with Crippen LogP contribution in [0.2, 0.25) is 0 Å². The van der Waals surface area contributed by atoms with E-state index in [1.807, 2.05) is 18.2 Å². The van der Waals surface area contributed by atoms with Gasteiger partial charge in [0.2, 0.25) is 0 Å². The lowest BCUT2D eigenvalue weighted by Gasteiger charge is -2.37. The van der Waals surface area contributed by atoms with Gasteiger partial charge in [-0.1, -0.05) is 0 Å². The highest BCUT2D eigenvalue weighted by atomic mass is 16.5. The molecule has 176 valence electrons. The summed E-state index contributed by atoms with van der Waals surface area (Å²) in [5.74, 6) is 2.73. The van der Waals surface area contributed by atoms with E-state index >= 15 is 0 Å². The summed E-state index contributed by atoms with van der Waals surface area (Å²) in [5.41, 5.74) is 5.36. The van der Waals surface area contributed by atoms with Gasteiger partial charge in [-0.3, -0.25) is 4.90 Å². The molecule has 0 N–H and O–H groups in total. The number of hydrogen-bond acceptors (Lipinski definition) is 7. The Hall–Kier alpha value is -2.84. The Balaban J connectivity index is 1.55. The molecule has 33 heavy (non-hydrogen) atoms. The minimum Gasteiger partial charge on any atom is -0.497 e. The van der Waals surface area contributed by atoms with Crippen molar-refractivity contribution in [1.29, 1.82) is 0 Å². The first-order valence-corrected chi connectivity index (χ1v) is 11.8. The largest absolute Gasteiger partial charge is 0.497 e. The van der Waals surface area contributed by atoms with Crippen LogP contribution in [0, 0.1) is 0 Å². The number of ether oxygens (including phenoxy) is 3. The molecule has 8 nitrogen and oxygen atoms in total. The zero-order valence-electron chi connectivity index (χ0n) is 19.8. The summed E-state index contributed by atoms with van der Waals surface area (Å²) in [6.45, 7) is 5.79. The lowest BCUT2D eigenvalue weighted by Crippen LogP contribution is -2.48. The number of nitrogens with zero attached hydrogens (tertiary/aromatic N) is 5. The van der Waals surface area contributed by atoms with Crippen LogP contribution < -0.4 is 14.4 Å². The third-order valence-corrected chi connectivity index (χ3v) is 6.78. The second-order valence-corrected chi connectivity index (χ2v) is 8.79. The molecule has 0 atom stereocenters. The summed E-state index contributed by atoms with van der Waals surface area (Å²) in [4.78, 5) is 10.0. The fourth-order valence-corrected chi connectivity index (χ4v) is 4.95. The van der Waals surface area contributed by atoms with Crippen molar-refractivity contribution in [1.82, 2.24) is 19.5 Å². The summed E-state index contributed by atoms with van der Waals surface area (Å²) in [5, 5.41) is 5.05. The van der Waals surface area contributed by atoms with Crippen LogP contribution in [-0.2, 0) is 17.6 Å². The van der Waals surface area contributed by atoms with Gasteiger partial charge in [0.1, 0.15) is 17.3 Å². The minimum atomic E-state index is 0.751. The van der Waals surface area contributed by atoms with Gasteiger partial charge in [-0.2, -0.15) is 9.61 Å². The number of rotatable bonds is 7. The maximum absolute atomic E-state index is 5.48. The maximum Gasteiger partial charge on any atom is 0.158 e. The number of hydrogen-bond donors (Lipinski definition) is 0. The first-order chi connectivity index (χ1) is 16.2. The van der Waals surface area contributed by atoms with Gasteiger partial charge in [0, 0.05) is 68.8 Å². The van der Waals surface area contributed by atoms with Crippen molar-refractivity contribution < 1.29 is 14.2 Å². The molecule has 0 bridgehead atoms. The average molecular weight is 452 g/mol. The molecule has 0 unspecified atom stereocenters. The third kappa shape index (κ3) is 4.37. The second kappa shape index (κ2) is 9.57. The first-order valence-electron chi connectivity index (χ1n) is 11.8. The molecule has 2 aromatic heterocycles. The van der Waals surface area contributed by atoms with Crippen LogP contribution in [-0.4, -0.2) is 80.2 Å².